The maximum Gasteiger partial charge on any atom is 0.242 e. The molecular weight excluding hydrogens is 466 g/mol. The Hall–Kier alpha value is -2.32. The normalized spacial score (nSPS) is 17.9. The molecule has 0 aromatic heterocycles. The first-order chi connectivity index (χ1) is 14.5. The number of amides is 1. The van der Waals surface area contributed by atoms with Crippen LogP contribution in [0, 0.1) is 0 Å². The van der Waals surface area contributed by atoms with Crippen LogP contribution < -0.4 is 9.47 Å². The molecule has 158 valence electrons. The predicted molar refractivity (Wildman–Crippen MR) is 126 cm³/mol. The first kappa shape index (κ1) is 22.4. The van der Waals surface area contributed by atoms with Crippen LogP contribution >= 0.6 is 27.7 Å². The third-order valence-electron chi connectivity index (χ3n) is 4.60. The number of rotatable bonds is 8. The first-order valence-electron chi connectivity index (χ1n) is 9.61. The van der Waals surface area contributed by atoms with E-state index in [1.165, 1.54) is 11.8 Å². The molecular formula is C22H24BrN3O3S. The summed E-state index contributed by atoms with van der Waals surface area (Å²) in [5.74, 6) is 1.56. The van der Waals surface area contributed by atoms with Crippen LogP contribution in [0.25, 0.3) is 0 Å². The number of nitrogens with zero attached hydrogens (tertiary/aromatic N) is 3. The van der Waals surface area contributed by atoms with Gasteiger partial charge in [-0.15, -0.1) is 5.10 Å². The fourth-order valence-electron chi connectivity index (χ4n) is 3.04. The van der Waals surface area contributed by atoms with E-state index in [2.05, 4.69) is 33.1 Å². The van der Waals surface area contributed by atoms with Gasteiger partial charge < -0.3 is 9.47 Å². The highest BCUT2D eigenvalue weighted by Crippen LogP contribution is 2.32. The van der Waals surface area contributed by atoms with Gasteiger partial charge in [-0.3, -0.25) is 9.69 Å². The number of hydrogen-bond acceptors (Lipinski definition) is 6. The molecule has 6 nitrogen and oxygen atoms in total. The topological polar surface area (TPSA) is 63.5 Å². The summed E-state index contributed by atoms with van der Waals surface area (Å²) in [7, 11) is 3.25. The van der Waals surface area contributed by atoms with E-state index >= 15 is 0 Å². The van der Waals surface area contributed by atoms with Gasteiger partial charge in [0.25, 0.3) is 0 Å². The van der Waals surface area contributed by atoms with E-state index in [0.29, 0.717) is 17.5 Å². The van der Waals surface area contributed by atoms with Crippen molar-refractivity contribution in [3.8, 4) is 11.5 Å². The third-order valence-corrected chi connectivity index (χ3v) is 6.33. The smallest absolute Gasteiger partial charge is 0.242 e. The van der Waals surface area contributed by atoms with Crippen LogP contribution in [0.2, 0.25) is 0 Å². The molecule has 30 heavy (non-hydrogen) atoms. The Bertz CT molecular complexity index is 947. The SMILES string of the molecule is CCCC1SC(=NN=Cc2cc(Br)ccc2OC)N(Cc2ccc(OC)cc2)C1=O. The Labute approximate surface area is 189 Å². The van der Waals surface area contributed by atoms with Crippen molar-refractivity contribution >= 4 is 45.0 Å². The Kier molecular flexibility index (Phi) is 7.93. The van der Waals surface area contributed by atoms with Gasteiger partial charge in [0.2, 0.25) is 5.91 Å². The molecule has 0 spiro atoms. The zero-order chi connectivity index (χ0) is 21.5. The Morgan fingerprint density at radius 3 is 2.60 bits per heavy atom. The molecule has 1 atom stereocenters. The predicted octanol–water partition coefficient (Wildman–Crippen LogP) is 5.10. The lowest BCUT2D eigenvalue weighted by atomic mass is 10.2. The maximum absolute atomic E-state index is 12.9. The van der Waals surface area contributed by atoms with Gasteiger partial charge in [-0.05, 0) is 42.3 Å². The van der Waals surface area contributed by atoms with Crippen LogP contribution in [0.5, 0.6) is 11.5 Å². The summed E-state index contributed by atoms with van der Waals surface area (Å²) in [5.41, 5.74) is 1.81. The van der Waals surface area contributed by atoms with Gasteiger partial charge in [0.15, 0.2) is 5.17 Å². The van der Waals surface area contributed by atoms with Crippen molar-refractivity contribution in [1.82, 2.24) is 4.90 Å². The summed E-state index contributed by atoms with van der Waals surface area (Å²) >= 11 is 4.93. The van der Waals surface area contributed by atoms with Gasteiger partial charge in [0.05, 0.1) is 32.2 Å². The van der Waals surface area contributed by atoms with E-state index in [-0.39, 0.29) is 11.2 Å². The molecule has 0 radical (unpaired) electrons. The minimum Gasteiger partial charge on any atom is -0.497 e. The number of halogens is 1. The van der Waals surface area contributed by atoms with Crippen LogP contribution in [-0.4, -0.2) is 41.7 Å². The van der Waals surface area contributed by atoms with Crippen molar-refractivity contribution in [3.63, 3.8) is 0 Å². The molecule has 3 rings (SSSR count). The second kappa shape index (κ2) is 10.6. The Morgan fingerprint density at radius 1 is 1.17 bits per heavy atom. The van der Waals surface area contributed by atoms with E-state index in [1.807, 2.05) is 42.5 Å². The van der Waals surface area contributed by atoms with Gasteiger partial charge in [-0.1, -0.05) is 53.2 Å². The number of amidine groups is 1. The molecule has 0 aliphatic carbocycles. The van der Waals surface area contributed by atoms with Crippen molar-refractivity contribution in [1.29, 1.82) is 0 Å². The molecule has 0 N–H and O–H groups in total. The van der Waals surface area contributed by atoms with Crippen LogP contribution in [0.15, 0.2) is 57.1 Å². The molecule has 1 heterocycles. The monoisotopic (exact) mass is 489 g/mol. The van der Waals surface area contributed by atoms with E-state index < -0.39 is 0 Å². The minimum atomic E-state index is -0.123. The summed E-state index contributed by atoms with van der Waals surface area (Å²) in [6, 6.07) is 13.4. The van der Waals surface area contributed by atoms with Crippen molar-refractivity contribution in [2.24, 2.45) is 10.2 Å². The molecule has 8 heteroatoms. The number of methoxy groups -OCH3 is 2. The van der Waals surface area contributed by atoms with Crippen LogP contribution in [-0.2, 0) is 11.3 Å². The van der Waals surface area contributed by atoms with E-state index in [4.69, 9.17) is 9.47 Å². The third kappa shape index (κ3) is 5.43. The van der Waals surface area contributed by atoms with Gasteiger partial charge >= 0.3 is 0 Å². The number of carbonyl (C=O) groups excluding carboxylic acids is 1. The number of hydrogen-bond donors (Lipinski definition) is 0. The lowest BCUT2D eigenvalue weighted by molar-refractivity contribution is -0.126. The van der Waals surface area contributed by atoms with Gasteiger partial charge in [-0.25, -0.2) is 0 Å². The van der Waals surface area contributed by atoms with E-state index in [9.17, 15) is 4.79 Å². The maximum atomic E-state index is 12.9. The number of benzene rings is 2. The van der Waals surface area contributed by atoms with E-state index in [0.717, 1.165) is 34.2 Å². The fourth-order valence-corrected chi connectivity index (χ4v) is 4.63. The first-order valence-corrected chi connectivity index (χ1v) is 11.3. The summed E-state index contributed by atoms with van der Waals surface area (Å²) in [6.07, 6.45) is 3.39. The number of carbonyl (C=O) groups is 1. The lowest BCUT2D eigenvalue weighted by Gasteiger charge is -2.16. The van der Waals surface area contributed by atoms with Crippen molar-refractivity contribution in [3.05, 3.63) is 58.1 Å². The lowest BCUT2D eigenvalue weighted by Crippen LogP contribution is -2.31. The molecule has 1 saturated heterocycles. The zero-order valence-corrected chi connectivity index (χ0v) is 19.6. The highest BCUT2D eigenvalue weighted by atomic mass is 79.9. The summed E-state index contributed by atoms with van der Waals surface area (Å²) in [5, 5.41) is 9.11. The average Bonchev–Trinajstić information content (AvgIpc) is 3.04. The molecule has 1 amide bonds. The molecule has 1 fully saturated rings. The average molecular weight is 490 g/mol. The molecule has 1 aliphatic rings. The minimum absolute atomic E-state index is 0.0756. The van der Waals surface area contributed by atoms with Gasteiger partial charge in [0, 0.05) is 10.0 Å². The van der Waals surface area contributed by atoms with Crippen molar-refractivity contribution < 1.29 is 14.3 Å². The van der Waals surface area contributed by atoms with Gasteiger partial charge in [0.1, 0.15) is 11.5 Å². The summed E-state index contributed by atoms with van der Waals surface area (Å²) in [4.78, 5) is 14.6. The second-order valence-corrected chi connectivity index (χ2v) is 8.77. The highest BCUT2D eigenvalue weighted by Gasteiger charge is 2.37. The van der Waals surface area contributed by atoms with Crippen LogP contribution in [0.3, 0.4) is 0 Å². The Balaban J connectivity index is 1.83. The quantitative estimate of drug-likeness (QED) is 0.382. The standard InChI is InChI=1S/C22H24BrN3O3S/c1-4-5-20-21(27)26(14-15-6-9-18(28-2)10-7-15)22(30-20)25-24-13-16-12-17(23)8-11-19(16)29-3/h6-13,20H,4-5,14H2,1-3H3. The van der Waals surface area contributed by atoms with Crippen molar-refractivity contribution in [2.45, 2.75) is 31.6 Å². The Morgan fingerprint density at radius 2 is 1.93 bits per heavy atom. The van der Waals surface area contributed by atoms with Gasteiger partial charge in [-0.2, -0.15) is 5.10 Å². The molecule has 0 saturated carbocycles. The largest absolute Gasteiger partial charge is 0.497 e. The van der Waals surface area contributed by atoms with Crippen LogP contribution in [0.4, 0.5) is 0 Å². The highest BCUT2D eigenvalue weighted by molar-refractivity contribution is 9.10. The summed E-state index contributed by atoms with van der Waals surface area (Å²) in [6.45, 7) is 2.53. The number of ether oxygens (including phenoxy) is 2. The molecule has 1 unspecified atom stereocenters. The molecule has 2 aromatic rings. The van der Waals surface area contributed by atoms with E-state index in [1.54, 1.807) is 25.3 Å². The summed E-state index contributed by atoms with van der Waals surface area (Å²) < 4.78 is 11.5. The zero-order valence-electron chi connectivity index (χ0n) is 17.2. The number of thioether (sulfide) groups is 1. The van der Waals surface area contributed by atoms with Crippen molar-refractivity contribution in [2.75, 3.05) is 14.2 Å². The fraction of sp³-hybridized carbons (Fsp3) is 0.318. The molecule has 1 aliphatic heterocycles. The molecule has 2 aromatic carbocycles. The van der Waals surface area contributed by atoms with Crippen LogP contribution in [0.1, 0.15) is 30.9 Å². The molecule has 0 bridgehead atoms. The second-order valence-electron chi connectivity index (χ2n) is 6.68.